The van der Waals surface area contributed by atoms with Gasteiger partial charge in [0.25, 0.3) is 5.69 Å². The molecule has 0 spiro atoms. The van der Waals surface area contributed by atoms with Gasteiger partial charge >= 0.3 is 0 Å². The molecule has 0 saturated heterocycles. The van der Waals surface area contributed by atoms with Crippen LogP contribution in [0.5, 0.6) is 11.6 Å². The molecule has 0 amide bonds. The third-order valence-electron chi connectivity index (χ3n) is 2.83. The molecule has 0 fully saturated rings. The number of carbonyl (C=O) groups excluding carboxylic acids is 1. The average Bonchev–Trinajstić information content (AvgIpc) is 2.90. The Balaban J connectivity index is 1.87. The van der Waals surface area contributed by atoms with Crippen LogP contribution < -0.4 is 4.74 Å². The SMILES string of the molecule is O=Cc1[nH]nc2cc(Oc3ccc([N+](=O)[O-])cn3)ccc12. The highest BCUT2D eigenvalue weighted by atomic mass is 16.6. The van der Waals surface area contributed by atoms with Crippen molar-refractivity contribution in [3.05, 3.63) is 52.3 Å². The Bertz CT molecular complexity index is 826. The standard InChI is InChI=1S/C13H8N4O4/c18-7-12-10-3-2-9(5-11(10)15-16-12)21-13-4-1-8(6-14-13)17(19)20/h1-7H,(H,15,16). The van der Waals surface area contributed by atoms with Crippen molar-refractivity contribution in [2.24, 2.45) is 0 Å². The van der Waals surface area contributed by atoms with E-state index in [0.717, 1.165) is 6.20 Å². The molecule has 3 rings (SSSR count). The number of hydrogen-bond acceptors (Lipinski definition) is 6. The molecule has 2 aromatic heterocycles. The topological polar surface area (TPSA) is 111 Å². The predicted molar refractivity (Wildman–Crippen MR) is 72.4 cm³/mol. The monoisotopic (exact) mass is 284 g/mol. The Labute approximate surface area is 117 Å². The lowest BCUT2D eigenvalue weighted by Crippen LogP contribution is -1.91. The number of ether oxygens (including phenoxy) is 1. The second kappa shape index (κ2) is 5.00. The lowest BCUT2D eigenvalue weighted by atomic mass is 10.2. The number of hydrogen-bond donors (Lipinski definition) is 1. The summed E-state index contributed by atoms with van der Waals surface area (Å²) in [7, 11) is 0. The summed E-state index contributed by atoms with van der Waals surface area (Å²) in [5.74, 6) is 0.693. The van der Waals surface area contributed by atoms with Gasteiger partial charge in [-0.1, -0.05) is 0 Å². The number of aromatic amines is 1. The predicted octanol–water partition coefficient (Wildman–Crippen LogP) is 2.47. The van der Waals surface area contributed by atoms with Crippen LogP contribution in [0.3, 0.4) is 0 Å². The van der Waals surface area contributed by atoms with Crippen molar-refractivity contribution >= 4 is 22.9 Å². The Morgan fingerprint density at radius 3 is 2.81 bits per heavy atom. The number of aromatic nitrogens is 3. The van der Waals surface area contributed by atoms with E-state index < -0.39 is 4.92 Å². The van der Waals surface area contributed by atoms with E-state index in [0.29, 0.717) is 28.6 Å². The molecule has 0 aliphatic rings. The Hall–Kier alpha value is -3.29. The molecule has 0 unspecified atom stereocenters. The molecule has 0 aliphatic carbocycles. The van der Waals surface area contributed by atoms with Gasteiger partial charge in [-0.15, -0.1) is 0 Å². The first-order valence-corrected chi connectivity index (χ1v) is 5.89. The number of fused-ring (bicyclic) bond motifs is 1. The smallest absolute Gasteiger partial charge is 0.287 e. The normalized spacial score (nSPS) is 10.5. The van der Waals surface area contributed by atoms with Crippen molar-refractivity contribution in [1.29, 1.82) is 0 Å². The minimum Gasteiger partial charge on any atom is -0.439 e. The quantitative estimate of drug-likeness (QED) is 0.447. The molecule has 1 N–H and O–H groups in total. The van der Waals surface area contributed by atoms with Gasteiger partial charge in [0, 0.05) is 23.6 Å². The van der Waals surface area contributed by atoms with E-state index in [9.17, 15) is 14.9 Å². The van der Waals surface area contributed by atoms with Crippen molar-refractivity contribution in [1.82, 2.24) is 15.2 Å². The summed E-state index contributed by atoms with van der Waals surface area (Å²) in [5.41, 5.74) is 0.863. The van der Waals surface area contributed by atoms with Crippen LogP contribution in [0.15, 0.2) is 36.5 Å². The summed E-state index contributed by atoms with van der Waals surface area (Å²) in [5, 5.41) is 17.8. The van der Waals surface area contributed by atoms with E-state index in [1.54, 1.807) is 18.2 Å². The third kappa shape index (κ3) is 2.41. The van der Waals surface area contributed by atoms with Crippen LogP contribution in [0.4, 0.5) is 5.69 Å². The maximum absolute atomic E-state index is 10.8. The number of rotatable bonds is 4. The molecule has 8 heteroatoms. The summed E-state index contributed by atoms with van der Waals surface area (Å²) in [6, 6.07) is 7.71. The fourth-order valence-electron chi connectivity index (χ4n) is 1.83. The van der Waals surface area contributed by atoms with Gasteiger partial charge in [0.05, 0.1) is 10.4 Å². The Morgan fingerprint density at radius 1 is 1.29 bits per heavy atom. The van der Waals surface area contributed by atoms with E-state index in [1.165, 1.54) is 12.1 Å². The fraction of sp³-hybridized carbons (Fsp3) is 0. The minimum atomic E-state index is -0.534. The molecule has 0 radical (unpaired) electrons. The van der Waals surface area contributed by atoms with Gasteiger partial charge in [0.1, 0.15) is 17.6 Å². The van der Waals surface area contributed by atoms with E-state index in [2.05, 4.69) is 15.2 Å². The molecule has 104 valence electrons. The summed E-state index contributed by atoms with van der Waals surface area (Å²) in [4.78, 5) is 24.6. The van der Waals surface area contributed by atoms with Gasteiger partial charge in [-0.2, -0.15) is 5.10 Å². The first kappa shape index (κ1) is 12.7. The Morgan fingerprint density at radius 2 is 2.14 bits per heavy atom. The molecular weight excluding hydrogens is 276 g/mol. The number of carbonyl (C=O) groups is 1. The highest BCUT2D eigenvalue weighted by molar-refractivity contribution is 5.95. The number of pyridine rings is 1. The molecule has 0 saturated carbocycles. The number of nitrogens with zero attached hydrogens (tertiary/aromatic N) is 3. The highest BCUT2D eigenvalue weighted by Crippen LogP contribution is 2.25. The number of aldehydes is 1. The molecule has 0 bridgehead atoms. The number of H-pyrrole nitrogens is 1. The molecule has 21 heavy (non-hydrogen) atoms. The van der Waals surface area contributed by atoms with Crippen molar-refractivity contribution in [2.75, 3.05) is 0 Å². The molecule has 1 aromatic carbocycles. The van der Waals surface area contributed by atoms with E-state index in [-0.39, 0.29) is 11.6 Å². The molecule has 0 atom stereocenters. The van der Waals surface area contributed by atoms with Gasteiger partial charge in [0.15, 0.2) is 6.29 Å². The van der Waals surface area contributed by atoms with Crippen molar-refractivity contribution < 1.29 is 14.5 Å². The van der Waals surface area contributed by atoms with Crippen LogP contribution in [0.25, 0.3) is 10.9 Å². The van der Waals surface area contributed by atoms with Crippen molar-refractivity contribution in [3.8, 4) is 11.6 Å². The van der Waals surface area contributed by atoms with Crippen LogP contribution in [-0.2, 0) is 0 Å². The first-order chi connectivity index (χ1) is 10.2. The molecular formula is C13H8N4O4. The zero-order valence-corrected chi connectivity index (χ0v) is 10.5. The number of benzene rings is 1. The highest BCUT2D eigenvalue weighted by Gasteiger charge is 2.08. The van der Waals surface area contributed by atoms with Crippen LogP contribution in [-0.4, -0.2) is 26.4 Å². The fourth-order valence-corrected chi connectivity index (χ4v) is 1.83. The van der Waals surface area contributed by atoms with Crippen molar-refractivity contribution in [2.45, 2.75) is 0 Å². The second-order valence-corrected chi connectivity index (χ2v) is 4.15. The number of nitro groups is 1. The van der Waals surface area contributed by atoms with E-state index in [4.69, 9.17) is 4.74 Å². The second-order valence-electron chi connectivity index (χ2n) is 4.15. The molecule has 2 heterocycles. The molecule has 3 aromatic rings. The molecule has 8 nitrogen and oxygen atoms in total. The third-order valence-corrected chi connectivity index (χ3v) is 2.83. The Kier molecular flexibility index (Phi) is 3.03. The van der Waals surface area contributed by atoms with Crippen LogP contribution in [0, 0.1) is 10.1 Å². The average molecular weight is 284 g/mol. The van der Waals surface area contributed by atoms with E-state index in [1.807, 2.05) is 0 Å². The van der Waals surface area contributed by atoms with Crippen LogP contribution >= 0.6 is 0 Å². The van der Waals surface area contributed by atoms with Crippen molar-refractivity contribution in [3.63, 3.8) is 0 Å². The lowest BCUT2D eigenvalue weighted by Gasteiger charge is -2.03. The summed E-state index contributed by atoms with van der Waals surface area (Å²) in [6.07, 6.45) is 1.81. The molecule has 0 aliphatic heterocycles. The van der Waals surface area contributed by atoms with Gasteiger partial charge in [-0.3, -0.25) is 20.0 Å². The van der Waals surface area contributed by atoms with Crippen LogP contribution in [0.1, 0.15) is 10.5 Å². The summed E-state index contributed by atoms with van der Waals surface area (Å²) in [6.45, 7) is 0. The summed E-state index contributed by atoms with van der Waals surface area (Å²) >= 11 is 0. The van der Waals surface area contributed by atoms with E-state index >= 15 is 0 Å². The van der Waals surface area contributed by atoms with Gasteiger partial charge in [-0.25, -0.2) is 4.98 Å². The summed E-state index contributed by atoms with van der Waals surface area (Å²) < 4.78 is 5.49. The maximum Gasteiger partial charge on any atom is 0.287 e. The maximum atomic E-state index is 10.8. The minimum absolute atomic E-state index is 0.110. The lowest BCUT2D eigenvalue weighted by molar-refractivity contribution is -0.385. The number of nitrogens with one attached hydrogen (secondary N) is 1. The zero-order chi connectivity index (χ0) is 14.8. The van der Waals surface area contributed by atoms with Gasteiger partial charge < -0.3 is 4.74 Å². The van der Waals surface area contributed by atoms with Crippen LogP contribution in [0.2, 0.25) is 0 Å². The first-order valence-electron chi connectivity index (χ1n) is 5.89. The van der Waals surface area contributed by atoms with Gasteiger partial charge in [-0.05, 0) is 12.1 Å². The zero-order valence-electron chi connectivity index (χ0n) is 10.5. The largest absolute Gasteiger partial charge is 0.439 e. The van der Waals surface area contributed by atoms with Gasteiger partial charge in [0.2, 0.25) is 5.88 Å².